The number of hydrogen-bond acceptors (Lipinski definition) is 3. The van der Waals surface area contributed by atoms with Gasteiger partial charge in [0.2, 0.25) is 0 Å². The van der Waals surface area contributed by atoms with Crippen molar-refractivity contribution >= 4 is 39.2 Å². The number of benzene rings is 1. The van der Waals surface area contributed by atoms with E-state index in [1.54, 1.807) is 0 Å². The summed E-state index contributed by atoms with van der Waals surface area (Å²) in [6.07, 6.45) is 1.04. The first kappa shape index (κ1) is 14.7. The van der Waals surface area contributed by atoms with Gasteiger partial charge in [0.15, 0.2) is 5.96 Å². The third-order valence-electron chi connectivity index (χ3n) is 3.36. The molecule has 1 aliphatic rings. The molecule has 0 fully saturated rings. The highest BCUT2D eigenvalue weighted by molar-refractivity contribution is 9.10. The maximum Gasteiger partial charge on any atom is 0.196 e. The van der Waals surface area contributed by atoms with Crippen molar-refractivity contribution in [3.63, 3.8) is 0 Å². The number of rotatable bonds is 3. The van der Waals surface area contributed by atoms with Crippen LogP contribution in [0.5, 0.6) is 0 Å². The summed E-state index contributed by atoms with van der Waals surface area (Å²) >= 11 is 9.51. The highest BCUT2D eigenvalue weighted by Gasteiger charge is 2.39. The normalized spacial score (nSPS) is 23.1. The summed E-state index contributed by atoms with van der Waals surface area (Å²) in [5.74, 6) is 1.17. The van der Waals surface area contributed by atoms with Gasteiger partial charge in [0.25, 0.3) is 0 Å². The summed E-state index contributed by atoms with van der Waals surface area (Å²) in [6, 6.07) is 5.86. The maximum atomic E-state index is 6.08. The Morgan fingerprint density at radius 1 is 1.53 bits per heavy atom. The Bertz CT molecular complexity index is 515. The molecule has 1 unspecified atom stereocenters. The molecule has 1 heterocycles. The fourth-order valence-electron chi connectivity index (χ4n) is 2.77. The lowest BCUT2D eigenvalue weighted by Gasteiger charge is -2.37. The molecule has 0 aromatic heterocycles. The van der Waals surface area contributed by atoms with Crippen LogP contribution in [0.2, 0.25) is 5.02 Å². The van der Waals surface area contributed by atoms with E-state index >= 15 is 0 Å². The molecule has 0 amide bonds. The Hall–Kier alpha value is -0.740. The first-order chi connectivity index (χ1) is 8.83. The van der Waals surface area contributed by atoms with Gasteiger partial charge in [0.1, 0.15) is 0 Å². The Morgan fingerprint density at radius 2 is 2.21 bits per heavy atom. The number of anilines is 1. The standard InChI is InChI=1S/C14H19BrClN3/c1-9(2)7-14(3)8-18-13(17)19(14)10-4-5-12(16)11(15)6-10/h4-6,9H,7-8H2,1-3H3,(H2,17,18). The molecule has 0 radical (unpaired) electrons. The van der Waals surface area contributed by atoms with E-state index in [0.717, 1.165) is 23.1 Å². The van der Waals surface area contributed by atoms with E-state index in [2.05, 4.69) is 46.6 Å². The first-order valence-electron chi connectivity index (χ1n) is 6.39. The molecule has 1 aromatic carbocycles. The van der Waals surface area contributed by atoms with E-state index in [1.807, 2.05) is 18.2 Å². The van der Waals surface area contributed by atoms with Crippen molar-refractivity contribution in [3.8, 4) is 0 Å². The van der Waals surface area contributed by atoms with E-state index in [1.165, 1.54) is 0 Å². The Morgan fingerprint density at radius 3 is 2.79 bits per heavy atom. The van der Waals surface area contributed by atoms with Crippen molar-refractivity contribution in [1.82, 2.24) is 0 Å². The molecule has 104 valence electrons. The van der Waals surface area contributed by atoms with E-state index in [9.17, 15) is 0 Å². The highest BCUT2D eigenvalue weighted by Crippen LogP contribution is 2.36. The number of guanidine groups is 1. The second-order valence-electron chi connectivity index (χ2n) is 5.70. The first-order valence-corrected chi connectivity index (χ1v) is 7.56. The molecule has 5 heteroatoms. The summed E-state index contributed by atoms with van der Waals surface area (Å²) < 4.78 is 0.873. The van der Waals surface area contributed by atoms with Crippen molar-refractivity contribution in [3.05, 3.63) is 27.7 Å². The average Bonchev–Trinajstić information content (AvgIpc) is 2.58. The molecule has 0 saturated carbocycles. The summed E-state index contributed by atoms with van der Waals surface area (Å²) in [5.41, 5.74) is 7.04. The quantitative estimate of drug-likeness (QED) is 0.899. The van der Waals surface area contributed by atoms with Crippen molar-refractivity contribution in [2.24, 2.45) is 16.6 Å². The van der Waals surface area contributed by atoms with Crippen LogP contribution in [-0.4, -0.2) is 18.0 Å². The minimum absolute atomic E-state index is 0.0640. The zero-order valence-electron chi connectivity index (χ0n) is 11.5. The lowest BCUT2D eigenvalue weighted by atomic mass is 9.89. The van der Waals surface area contributed by atoms with Gasteiger partial charge in [-0.25, -0.2) is 0 Å². The van der Waals surface area contributed by atoms with Crippen LogP contribution in [0.25, 0.3) is 0 Å². The molecule has 2 N–H and O–H groups in total. The van der Waals surface area contributed by atoms with Gasteiger partial charge in [-0.1, -0.05) is 25.4 Å². The fraction of sp³-hybridized carbons (Fsp3) is 0.500. The maximum absolute atomic E-state index is 6.08. The van der Waals surface area contributed by atoms with Gasteiger partial charge in [-0.15, -0.1) is 0 Å². The van der Waals surface area contributed by atoms with Crippen LogP contribution in [-0.2, 0) is 0 Å². The SMILES string of the molecule is CC(C)CC1(C)CN=C(N)N1c1ccc(Cl)c(Br)c1. The van der Waals surface area contributed by atoms with Crippen molar-refractivity contribution in [2.45, 2.75) is 32.7 Å². The van der Waals surface area contributed by atoms with Gasteiger partial charge in [0, 0.05) is 10.2 Å². The predicted molar refractivity (Wildman–Crippen MR) is 86.0 cm³/mol. The molecule has 2 rings (SSSR count). The van der Waals surface area contributed by atoms with Crippen LogP contribution in [0, 0.1) is 5.92 Å². The molecular weight excluding hydrogens is 326 g/mol. The van der Waals surface area contributed by atoms with Gasteiger partial charge >= 0.3 is 0 Å². The lowest BCUT2D eigenvalue weighted by molar-refractivity contribution is 0.392. The second kappa shape index (κ2) is 5.33. The van der Waals surface area contributed by atoms with Crippen molar-refractivity contribution in [1.29, 1.82) is 0 Å². The van der Waals surface area contributed by atoms with Crippen LogP contribution in [0.3, 0.4) is 0 Å². The summed E-state index contributed by atoms with van der Waals surface area (Å²) in [6.45, 7) is 7.38. The largest absolute Gasteiger partial charge is 0.369 e. The molecule has 0 saturated heterocycles. The monoisotopic (exact) mass is 343 g/mol. The van der Waals surface area contributed by atoms with Crippen molar-refractivity contribution in [2.75, 3.05) is 11.4 Å². The Balaban J connectivity index is 2.38. The topological polar surface area (TPSA) is 41.6 Å². The zero-order chi connectivity index (χ0) is 14.2. The van der Waals surface area contributed by atoms with Gasteiger partial charge in [-0.05, 0) is 53.4 Å². The molecular formula is C14H19BrClN3. The molecule has 19 heavy (non-hydrogen) atoms. The minimum Gasteiger partial charge on any atom is -0.369 e. The Kier molecular flexibility index (Phi) is 4.11. The molecule has 3 nitrogen and oxygen atoms in total. The summed E-state index contributed by atoms with van der Waals surface area (Å²) in [4.78, 5) is 6.54. The van der Waals surface area contributed by atoms with Crippen LogP contribution >= 0.6 is 27.5 Å². The molecule has 1 aromatic rings. The minimum atomic E-state index is -0.0640. The Labute approximate surface area is 128 Å². The fourth-order valence-corrected chi connectivity index (χ4v) is 3.26. The van der Waals surface area contributed by atoms with E-state index in [-0.39, 0.29) is 5.54 Å². The predicted octanol–water partition coefficient (Wildman–Crippen LogP) is 4.04. The van der Waals surface area contributed by atoms with Crippen LogP contribution in [0.4, 0.5) is 5.69 Å². The summed E-state index contributed by atoms with van der Waals surface area (Å²) in [7, 11) is 0. The summed E-state index contributed by atoms with van der Waals surface area (Å²) in [5, 5.41) is 0.698. The van der Waals surface area contributed by atoms with E-state index < -0.39 is 0 Å². The number of nitrogens with two attached hydrogens (primary N) is 1. The smallest absolute Gasteiger partial charge is 0.196 e. The van der Waals surface area contributed by atoms with Crippen molar-refractivity contribution < 1.29 is 0 Å². The second-order valence-corrected chi connectivity index (χ2v) is 6.96. The number of aliphatic imine (C=N–C) groups is 1. The van der Waals surface area contributed by atoms with Gasteiger partial charge in [-0.3, -0.25) is 4.99 Å². The number of halogens is 2. The molecule has 0 bridgehead atoms. The van der Waals surface area contributed by atoms with Crippen LogP contribution in [0.15, 0.2) is 27.7 Å². The highest BCUT2D eigenvalue weighted by atomic mass is 79.9. The van der Waals surface area contributed by atoms with Gasteiger partial charge < -0.3 is 10.6 Å². The average molecular weight is 345 g/mol. The lowest BCUT2D eigenvalue weighted by Crippen LogP contribution is -2.50. The van der Waals surface area contributed by atoms with E-state index in [4.69, 9.17) is 17.3 Å². The molecule has 0 aliphatic carbocycles. The van der Waals surface area contributed by atoms with Crippen LogP contribution in [0.1, 0.15) is 27.2 Å². The molecule has 1 aliphatic heterocycles. The molecule has 0 spiro atoms. The third-order valence-corrected chi connectivity index (χ3v) is 4.57. The third kappa shape index (κ3) is 2.90. The number of nitrogens with zero attached hydrogens (tertiary/aromatic N) is 2. The molecule has 1 atom stereocenters. The van der Waals surface area contributed by atoms with E-state index in [0.29, 0.717) is 16.9 Å². The van der Waals surface area contributed by atoms with Crippen LogP contribution < -0.4 is 10.6 Å². The van der Waals surface area contributed by atoms with Gasteiger partial charge in [0.05, 0.1) is 17.1 Å². The zero-order valence-corrected chi connectivity index (χ0v) is 13.8. The number of hydrogen-bond donors (Lipinski definition) is 1. The van der Waals surface area contributed by atoms with Gasteiger partial charge in [-0.2, -0.15) is 0 Å².